The molecule has 0 saturated carbocycles. The molecule has 0 heterocycles. The summed E-state index contributed by atoms with van der Waals surface area (Å²) < 4.78 is 19.7. The van der Waals surface area contributed by atoms with E-state index in [1.165, 1.54) is 0 Å². The third-order valence-electron chi connectivity index (χ3n) is 5.37. The van der Waals surface area contributed by atoms with Gasteiger partial charge in [0, 0.05) is 25.8 Å². The molecule has 0 radical (unpaired) electrons. The van der Waals surface area contributed by atoms with E-state index in [-0.39, 0.29) is 52.3 Å². The number of hydrogen-bond donors (Lipinski definition) is 4. The fourth-order valence-corrected chi connectivity index (χ4v) is 2.92. The molecule has 8 nitrogen and oxygen atoms in total. The summed E-state index contributed by atoms with van der Waals surface area (Å²) in [6.45, 7) is 0.349. The quantitative estimate of drug-likeness (QED) is 0.192. The van der Waals surface area contributed by atoms with Crippen LogP contribution in [0.5, 0.6) is 23.0 Å². The van der Waals surface area contributed by atoms with Crippen LogP contribution in [0, 0.1) is 0 Å². The van der Waals surface area contributed by atoms with Gasteiger partial charge < -0.3 is 39.4 Å². The van der Waals surface area contributed by atoms with Crippen LogP contribution in [0.4, 0.5) is 0 Å². The fourth-order valence-electron chi connectivity index (χ4n) is 2.92. The van der Waals surface area contributed by atoms with E-state index in [1.54, 1.807) is 28.4 Å². The number of methoxy groups -OCH3 is 4. The first kappa shape index (κ1) is 37.8. The predicted octanol–water partition coefficient (Wildman–Crippen LogP) is 4.75. The van der Waals surface area contributed by atoms with Gasteiger partial charge in [-0.2, -0.15) is 0 Å². The van der Waals surface area contributed by atoms with Gasteiger partial charge in [0.05, 0.1) is 54.9 Å². The van der Waals surface area contributed by atoms with E-state index in [0.29, 0.717) is 0 Å². The van der Waals surface area contributed by atoms with Gasteiger partial charge in [0.15, 0.2) is 0 Å². The average Bonchev–Trinajstić information content (AvgIpc) is 3.05. The molecule has 0 spiro atoms. The van der Waals surface area contributed by atoms with Crippen LogP contribution in [0.25, 0.3) is 0 Å². The van der Waals surface area contributed by atoms with Crippen LogP contribution in [0.1, 0.15) is 22.3 Å². The Morgan fingerprint density at radius 2 is 0.488 bits per heavy atom. The van der Waals surface area contributed by atoms with Crippen molar-refractivity contribution in [3.63, 3.8) is 0 Å². The zero-order chi connectivity index (χ0) is 29.6. The molecule has 41 heavy (non-hydrogen) atoms. The Kier molecular flexibility index (Phi) is 21.7. The van der Waals surface area contributed by atoms with Crippen molar-refractivity contribution in [1.29, 1.82) is 0 Å². The first-order valence-corrected chi connectivity index (χ1v) is 12.4. The normalized spacial score (nSPS) is 9.17. The van der Waals surface area contributed by atoms with Gasteiger partial charge in [-0.05, 0) is 70.8 Å². The van der Waals surface area contributed by atoms with Gasteiger partial charge >= 0.3 is 0 Å². The molecule has 4 N–H and O–H groups in total. The van der Waals surface area contributed by atoms with Crippen molar-refractivity contribution in [2.24, 2.45) is 0 Å². The van der Waals surface area contributed by atoms with Crippen LogP contribution in [-0.4, -0.2) is 48.9 Å². The summed E-state index contributed by atoms with van der Waals surface area (Å²) in [5.74, 6) is 3.27. The minimum absolute atomic E-state index is 0. The fraction of sp³-hybridized carbons (Fsp3) is 0.250. The van der Waals surface area contributed by atoms with Crippen molar-refractivity contribution in [3.05, 3.63) is 119 Å². The minimum Gasteiger partial charge on any atom is -0.497 e. The van der Waals surface area contributed by atoms with Crippen LogP contribution >= 0.6 is 0 Å². The molecule has 0 amide bonds. The van der Waals surface area contributed by atoms with Crippen molar-refractivity contribution in [3.8, 4) is 23.0 Å². The second-order valence-electron chi connectivity index (χ2n) is 8.02. The van der Waals surface area contributed by atoms with Gasteiger partial charge in [-0.25, -0.2) is 0 Å². The van der Waals surface area contributed by atoms with Gasteiger partial charge in [-0.1, -0.05) is 48.5 Å². The van der Waals surface area contributed by atoms with E-state index in [1.807, 2.05) is 97.1 Å². The first-order chi connectivity index (χ1) is 19.5. The maximum atomic E-state index is 8.66. The van der Waals surface area contributed by atoms with Gasteiger partial charge in [-0.3, -0.25) is 0 Å². The maximum Gasteiger partial charge on any atom is 0.118 e. The molecule has 0 aromatic heterocycles. The van der Waals surface area contributed by atoms with E-state index in [4.69, 9.17) is 39.4 Å². The topological polar surface area (TPSA) is 118 Å². The molecule has 4 aromatic carbocycles. The van der Waals surface area contributed by atoms with Gasteiger partial charge in [-0.15, -0.1) is 0 Å². The average molecular weight is 731 g/mol. The van der Waals surface area contributed by atoms with Crippen molar-refractivity contribution in [2.45, 2.75) is 26.4 Å². The number of aliphatic hydroxyl groups is 4. The molecule has 0 aliphatic carbocycles. The summed E-state index contributed by atoms with van der Waals surface area (Å²) in [6.07, 6.45) is 0. The Balaban J connectivity index is 0.000000516. The summed E-state index contributed by atoms with van der Waals surface area (Å²) in [4.78, 5) is 0. The monoisotopic (exact) mass is 732 g/mol. The number of ether oxygens (including phenoxy) is 4. The molecule has 0 bridgehead atoms. The zero-order valence-electron chi connectivity index (χ0n) is 24.0. The van der Waals surface area contributed by atoms with Crippen LogP contribution in [0.2, 0.25) is 0 Å². The molecule has 0 fully saturated rings. The van der Waals surface area contributed by atoms with Gasteiger partial charge in [0.2, 0.25) is 0 Å². The third-order valence-corrected chi connectivity index (χ3v) is 5.37. The van der Waals surface area contributed by atoms with Crippen molar-refractivity contribution in [1.82, 2.24) is 0 Å². The minimum atomic E-state index is 0. The Hall–Kier alpha value is -3.21. The molecule has 0 aliphatic rings. The molecular formula is C32H40HfO8. The number of hydrogen-bond acceptors (Lipinski definition) is 8. The van der Waals surface area contributed by atoms with Gasteiger partial charge in [0.25, 0.3) is 0 Å². The summed E-state index contributed by atoms with van der Waals surface area (Å²) >= 11 is 0. The molecular weight excluding hydrogens is 691 g/mol. The standard InChI is InChI=1S/4C8H10O2.Hf/c4*1-10-8-4-2-7(6-9)3-5-8;/h4*2-5,9H,6H2,1H3;. The largest absolute Gasteiger partial charge is 0.497 e. The number of rotatable bonds is 8. The summed E-state index contributed by atoms with van der Waals surface area (Å²) in [5, 5.41) is 34.6. The molecule has 0 aliphatic heterocycles. The second-order valence-corrected chi connectivity index (χ2v) is 8.02. The van der Waals surface area contributed by atoms with Crippen molar-refractivity contribution in [2.75, 3.05) is 28.4 Å². The number of aliphatic hydroxyl groups excluding tert-OH is 4. The predicted molar refractivity (Wildman–Crippen MR) is 156 cm³/mol. The Bertz CT molecular complexity index is 868. The Labute approximate surface area is 261 Å². The van der Waals surface area contributed by atoms with E-state index in [2.05, 4.69) is 0 Å². The van der Waals surface area contributed by atoms with E-state index < -0.39 is 0 Å². The van der Waals surface area contributed by atoms with E-state index in [0.717, 1.165) is 45.3 Å². The maximum absolute atomic E-state index is 8.66. The summed E-state index contributed by atoms with van der Waals surface area (Å²) in [5.41, 5.74) is 3.61. The van der Waals surface area contributed by atoms with Crippen molar-refractivity contribution >= 4 is 0 Å². The molecule has 0 saturated heterocycles. The number of benzene rings is 4. The molecule has 0 unspecified atom stereocenters. The van der Waals surface area contributed by atoms with E-state index in [9.17, 15) is 0 Å². The van der Waals surface area contributed by atoms with Crippen molar-refractivity contribution < 1.29 is 65.2 Å². The van der Waals surface area contributed by atoms with Gasteiger partial charge in [0.1, 0.15) is 23.0 Å². The molecule has 4 rings (SSSR count). The first-order valence-electron chi connectivity index (χ1n) is 12.4. The second kappa shape index (κ2) is 23.5. The van der Waals surface area contributed by atoms with Crippen LogP contribution in [-0.2, 0) is 52.3 Å². The SMILES string of the molecule is COc1ccc(CO)cc1.COc1ccc(CO)cc1.COc1ccc(CO)cc1.COc1ccc(CO)cc1.[Hf]. The summed E-state index contributed by atoms with van der Waals surface area (Å²) in [7, 11) is 6.48. The van der Waals surface area contributed by atoms with E-state index >= 15 is 0 Å². The molecule has 9 heteroatoms. The molecule has 4 aromatic rings. The smallest absolute Gasteiger partial charge is 0.118 e. The molecule has 0 atom stereocenters. The summed E-state index contributed by atoms with van der Waals surface area (Å²) in [6, 6.07) is 29.3. The molecule has 220 valence electrons. The zero-order valence-corrected chi connectivity index (χ0v) is 27.6. The van der Waals surface area contributed by atoms with Crippen LogP contribution < -0.4 is 18.9 Å². The Morgan fingerprint density at radius 3 is 0.585 bits per heavy atom. The Morgan fingerprint density at radius 1 is 0.341 bits per heavy atom. The third kappa shape index (κ3) is 16.0. The van der Waals surface area contributed by atoms with Crippen LogP contribution in [0.3, 0.4) is 0 Å². The van der Waals surface area contributed by atoms with Crippen LogP contribution in [0.15, 0.2) is 97.1 Å².